The van der Waals surface area contributed by atoms with Crippen molar-refractivity contribution < 1.29 is 74.0 Å². The van der Waals surface area contributed by atoms with Gasteiger partial charge in [0.15, 0.2) is 21.4 Å². The van der Waals surface area contributed by atoms with Crippen LogP contribution in [-0.4, -0.2) is 92.7 Å². The molecule has 0 aliphatic heterocycles. The fourth-order valence-corrected chi connectivity index (χ4v) is 8.07. The first-order chi connectivity index (χ1) is 26.2. The summed E-state index contributed by atoms with van der Waals surface area (Å²) in [5.74, 6) is -4.26. The van der Waals surface area contributed by atoms with E-state index in [1.165, 1.54) is 12.1 Å². The second kappa shape index (κ2) is 15.7. The lowest BCUT2D eigenvalue weighted by Crippen LogP contribution is -2.15. The maximum absolute atomic E-state index is 14.5. The number of hydrogen-bond donors (Lipinski definition) is 7. The lowest BCUT2D eigenvalue weighted by Gasteiger charge is -2.15. The average Bonchev–Trinajstić information content (AvgIpc) is 3.06. The molecule has 1 aromatic heterocycles. The van der Waals surface area contributed by atoms with Gasteiger partial charge in [-0.2, -0.15) is 48.6 Å². The number of phenols is 1. The van der Waals surface area contributed by atoms with Crippen molar-refractivity contribution in [3.63, 3.8) is 0 Å². The first kappa shape index (κ1) is 43.1. The fourth-order valence-electron chi connectivity index (χ4n) is 4.68. The van der Waals surface area contributed by atoms with Crippen molar-refractivity contribution in [2.45, 2.75) is 19.6 Å². The number of azo groups is 1. The number of nitrogens with zero attached hydrogens (tertiary/aromatic N) is 5. The van der Waals surface area contributed by atoms with E-state index in [4.69, 9.17) is 16.2 Å². The Morgan fingerprint density at radius 3 is 1.98 bits per heavy atom. The predicted molar refractivity (Wildman–Crippen MR) is 193 cm³/mol. The van der Waals surface area contributed by atoms with Crippen molar-refractivity contribution in [3.05, 3.63) is 71.8 Å². The minimum Gasteiger partial charge on any atom is -0.505 e. The van der Waals surface area contributed by atoms with E-state index in [0.717, 1.165) is 12.1 Å². The van der Waals surface area contributed by atoms with Crippen LogP contribution in [0.2, 0.25) is 5.28 Å². The molecule has 0 atom stereocenters. The van der Waals surface area contributed by atoms with Gasteiger partial charge in [0.2, 0.25) is 17.2 Å². The number of phenolic OH excluding ortho intramolecular Hbond substituents is 1. The molecule has 0 unspecified atom stereocenters. The normalized spacial score (nSPS) is 12.9. The molecule has 0 bridgehead atoms. The Bertz CT molecular complexity index is 3070. The molecule has 5 rings (SSSR count). The highest BCUT2D eigenvalue weighted by atomic mass is 35.5. The molecule has 0 saturated carbocycles. The van der Waals surface area contributed by atoms with Crippen molar-refractivity contribution in [1.29, 1.82) is 0 Å². The summed E-state index contributed by atoms with van der Waals surface area (Å²) in [6, 6.07) is 8.50. The molecule has 0 radical (unpaired) electrons. The first-order valence-electron chi connectivity index (χ1n) is 14.6. The zero-order chi connectivity index (χ0) is 42.3. The van der Waals surface area contributed by atoms with Crippen LogP contribution in [0.5, 0.6) is 5.75 Å². The van der Waals surface area contributed by atoms with Crippen molar-refractivity contribution >= 4 is 108 Å². The van der Waals surface area contributed by atoms with Crippen LogP contribution in [0.25, 0.3) is 10.8 Å². The third-order valence-corrected chi connectivity index (χ3v) is 11.9. The zero-order valence-electron chi connectivity index (χ0n) is 27.4. The lowest BCUT2D eigenvalue weighted by molar-refractivity contribution is 0.284. The number of benzene rings is 4. The van der Waals surface area contributed by atoms with Gasteiger partial charge in [0, 0.05) is 11.1 Å². The number of rotatable bonds is 14. The van der Waals surface area contributed by atoms with Gasteiger partial charge in [0.25, 0.3) is 30.4 Å². The van der Waals surface area contributed by atoms with Gasteiger partial charge in [0.1, 0.15) is 16.3 Å². The summed E-state index contributed by atoms with van der Waals surface area (Å²) in [7, 11) is -24.5. The van der Waals surface area contributed by atoms with E-state index in [1.807, 2.05) is 0 Å². The number of anilines is 4. The number of sulfone groups is 1. The van der Waals surface area contributed by atoms with Gasteiger partial charge in [-0.05, 0) is 71.6 Å². The van der Waals surface area contributed by atoms with Crippen LogP contribution < -0.4 is 10.6 Å². The summed E-state index contributed by atoms with van der Waals surface area (Å²) in [5, 5.41) is 21.8. The smallest absolute Gasteiger partial charge is 0.397 e. The van der Waals surface area contributed by atoms with E-state index in [-0.39, 0.29) is 10.6 Å². The Labute approximate surface area is 325 Å². The predicted octanol–water partition coefficient (Wildman–Crippen LogP) is 3.76. The molecule has 1 heterocycles. The van der Waals surface area contributed by atoms with Crippen molar-refractivity contribution in [1.82, 2.24) is 15.0 Å². The second-order valence-electron chi connectivity index (χ2n) is 11.0. The first-order valence-corrected chi connectivity index (χ1v) is 22.3. The number of hydrogen-bond acceptors (Lipinski definition) is 19. The van der Waals surface area contributed by atoms with E-state index < -0.39 is 134 Å². The number of aromatic hydroxyl groups is 1. The Morgan fingerprint density at radius 2 is 1.37 bits per heavy atom. The number of fused-ring (bicyclic) bond motifs is 1. The highest BCUT2D eigenvalue weighted by Gasteiger charge is 2.26. The molecule has 0 fully saturated rings. The summed E-state index contributed by atoms with van der Waals surface area (Å²) in [4.78, 5) is 8.35. The van der Waals surface area contributed by atoms with E-state index >= 15 is 0 Å². The molecule has 23 nitrogen and oxygen atoms in total. The lowest BCUT2D eigenvalue weighted by atomic mass is 10.1. The van der Waals surface area contributed by atoms with Crippen molar-refractivity contribution in [2.24, 2.45) is 10.2 Å². The summed E-state index contributed by atoms with van der Waals surface area (Å²) < 4.78 is 176. The number of aromatic nitrogens is 3. The molecular formula is C27H21ClFN7O16S5. The number of halogens is 2. The van der Waals surface area contributed by atoms with Gasteiger partial charge in [-0.25, -0.2) is 17.0 Å². The monoisotopic (exact) mass is 913 g/mol. The Kier molecular flexibility index (Phi) is 11.9. The van der Waals surface area contributed by atoms with E-state index in [0.29, 0.717) is 36.4 Å². The Hall–Kier alpha value is -5.08. The summed E-state index contributed by atoms with van der Waals surface area (Å²) >= 11 is 6.07. The molecular weight excluding hydrogens is 893 g/mol. The van der Waals surface area contributed by atoms with Crippen LogP contribution in [0.4, 0.5) is 39.0 Å². The molecule has 4 aromatic carbocycles. The minimum absolute atomic E-state index is 0.00256. The fraction of sp³-hybridized carbons (Fsp3) is 0.0741. The third kappa shape index (κ3) is 10.7. The van der Waals surface area contributed by atoms with E-state index in [1.54, 1.807) is 0 Å². The topological polar surface area (TPSA) is 369 Å². The standard InChI is InChI=1S/C27H21ClFN7O16S5/c28-25-32-26(30-14-2-1-3-15(10-14)53(38,39)7-6-52-57(49,50)51)34-27(33-25)31-20-12-17(55(43,44)45)8-13-9-21(56(46,47)48)23(24(37)22(13)20)36-35-19-11-16(54(40,41)42)4-5-18(19)29/h1-5,8-12,37H,6-7H2,(H,40,41,42)(H,43,44,45)(H,46,47,48)(H,49,50,51)(H2,30,31,32,33,34). The van der Waals surface area contributed by atoms with Gasteiger partial charge < -0.3 is 15.7 Å². The summed E-state index contributed by atoms with van der Waals surface area (Å²) in [5.41, 5.74) is -2.55. The van der Waals surface area contributed by atoms with Crippen LogP contribution in [-0.2, 0) is 54.8 Å². The molecule has 0 aliphatic rings. The summed E-state index contributed by atoms with van der Waals surface area (Å²) in [6.07, 6.45) is 0. The van der Waals surface area contributed by atoms with Gasteiger partial charge in [-0.15, -0.1) is 10.2 Å². The van der Waals surface area contributed by atoms with Crippen LogP contribution in [0, 0.1) is 5.82 Å². The van der Waals surface area contributed by atoms with Crippen molar-refractivity contribution in [2.75, 3.05) is 23.0 Å². The van der Waals surface area contributed by atoms with Crippen LogP contribution in [0.15, 0.2) is 90.5 Å². The maximum Gasteiger partial charge on any atom is 0.397 e. The molecule has 7 N–H and O–H groups in total. The quantitative estimate of drug-likeness (QED) is 0.0616. The maximum atomic E-state index is 14.5. The second-order valence-corrected chi connectivity index (χ2v) is 18.7. The SMILES string of the molecule is O=S(=O)(O)OCCS(=O)(=O)c1cccc(Nc2nc(Cl)nc(Nc3cc(S(=O)(=O)O)cc4cc(S(=O)(=O)O)c(N=Nc5cc(S(=O)(=O)O)ccc5F)c(O)c34)n2)c1. The number of nitrogens with one attached hydrogen (secondary N) is 2. The highest BCUT2D eigenvalue weighted by Crippen LogP contribution is 2.46. The molecule has 5 aromatic rings. The molecule has 0 spiro atoms. The van der Waals surface area contributed by atoms with Gasteiger partial charge in [0.05, 0.1) is 32.7 Å². The highest BCUT2D eigenvalue weighted by molar-refractivity contribution is 7.91. The van der Waals surface area contributed by atoms with Crippen LogP contribution >= 0.6 is 11.6 Å². The Morgan fingerprint density at radius 1 is 0.719 bits per heavy atom. The molecule has 57 heavy (non-hydrogen) atoms. The van der Waals surface area contributed by atoms with Gasteiger partial charge in [-0.3, -0.25) is 18.2 Å². The van der Waals surface area contributed by atoms with Gasteiger partial charge >= 0.3 is 10.4 Å². The zero-order valence-corrected chi connectivity index (χ0v) is 32.3. The largest absolute Gasteiger partial charge is 0.505 e. The third-order valence-electron chi connectivity index (χ3n) is 7.06. The van der Waals surface area contributed by atoms with E-state index in [9.17, 15) is 65.2 Å². The average molecular weight is 914 g/mol. The van der Waals surface area contributed by atoms with Crippen molar-refractivity contribution in [3.8, 4) is 5.75 Å². The molecule has 0 amide bonds. The molecule has 0 aliphatic carbocycles. The molecule has 0 saturated heterocycles. The van der Waals surface area contributed by atoms with Crippen LogP contribution in [0.1, 0.15) is 0 Å². The molecule has 30 heteroatoms. The van der Waals surface area contributed by atoms with Gasteiger partial charge in [-0.1, -0.05) is 6.07 Å². The van der Waals surface area contributed by atoms with E-state index in [2.05, 4.69) is 40.0 Å². The summed E-state index contributed by atoms with van der Waals surface area (Å²) in [6.45, 7) is -0.912. The minimum atomic E-state index is -5.39. The van der Waals surface area contributed by atoms with Crippen LogP contribution in [0.3, 0.4) is 0 Å². The molecule has 304 valence electrons. The Balaban J connectivity index is 1.61.